The molecule has 3 aromatic rings. The Bertz CT molecular complexity index is 975. The summed E-state index contributed by atoms with van der Waals surface area (Å²) in [6.45, 7) is 0.461. The minimum absolute atomic E-state index is 0.292. The van der Waals surface area contributed by atoms with E-state index in [9.17, 15) is 8.42 Å². The average Bonchev–Trinajstić information content (AvgIpc) is 3.19. The van der Waals surface area contributed by atoms with Crippen molar-refractivity contribution >= 4 is 10.0 Å². The third-order valence-corrected chi connectivity index (χ3v) is 6.34. The molecule has 1 aliphatic heterocycles. The fourth-order valence-electron chi connectivity index (χ4n) is 3.15. The first kappa shape index (κ1) is 16.8. The van der Waals surface area contributed by atoms with Crippen molar-refractivity contribution < 1.29 is 8.42 Å². The quantitative estimate of drug-likeness (QED) is 0.755. The van der Waals surface area contributed by atoms with E-state index < -0.39 is 10.0 Å². The van der Waals surface area contributed by atoms with Crippen molar-refractivity contribution in [1.82, 2.24) is 29.5 Å². The minimum atomic E-state index is -3.60. The van der Waals surface area contributed by atoms with Crippen LogP contribution in [0.25, 0.3) is 11.5 Å². The fraction of sp³-hybridized carbons (Fsp3) is 0.294. The van der Waals surface area contributed by atoms with Crippen LogP contribution in [0.5, 0.6) is 0 Å². The molecule has 0 saturated carbocycles. The Balaban J connectivity index is 1.68. The minimum Gasteiger partial charge on any atom is -0.261 e. The lowest BCUT2D eigenvalue weighted by Crippen LogP contribution is -2.39. The maximum absolute atomic E-state index is 13.1. The lowest BCUT2D eigenvalue weighted by molar-refractivity contribution is 0.247. The third kappa shape index (κ3) is 3.11. The van der Waals surface area contributed by atoms with Gasteiger partial charge in [-0.15, -0.1) is 0 Å². The first-order chi connectivity index (χ1) is 12.7. The Labute approximate surface area is 151 Å². The number of nitrogens with zero attached hydrogens (tertiary/aromatic N) is 5. The van der Waals surface area contributed by atoms with Crippen LogP contribution in [0.1, 0.15) is 31.1 Å². The van der Waals surface area contributed by atoms with Gasteiger partial charge in [0.2, 0.25) is 15.8 Å². The molecule has 0 spiro atoms. The van der Waals surface area contributed by atoms with Crippen LogP contribution in [0.15, 0.2) is 53.8 Å². The summed E-state index contributed by atoms with van der Waals surface area (Å²) in [6.07, 6.45) is 7.18. The largest absolute Gasteiger partial charge is 0.261 e. The van der Waals surface area contributed by atoms with Crippen LogP contribution < -0.4 is 0 Å². The van der Waals surface area contributed by atoms with E-state index in [1.54, 1.807) is 48.9 Å². The van der Waals surface area contributed by atoms with Crippen molar-refractivity contribution in [3.05, 3.63) is 54.7 Å². The summed E-state index contributed by atoms with van der Waals surface area (Å²) in [5.74, 6) is 0.945. The molecule has 1 unspecified atom stereocenters. The highest BCUT2D eigenvalue weighted by atomic mass is 32.2. The van der Waals surface area contributed by atoms with Gasteiger partial charge in [0.15, 0.2) is 0 Å². The summed E-state index contributed by atoms with van der Waals surface area (Å²) in [5, 5.41) is 7.08. The van der Waals surface area contributed by atoms with E-state index in [1.165, 1.54) is 4.31 Å². The van der Waals surface area contributed by atoms with Gasteiger partial charge in [0.05, 0.1) is 17.1 Å². The predicted octanol–water partition coefficient (Wildman–Crippen LogP) is 2.18. The number of hydrogen-bond acceptors (Lipinski definition) is 6. The number of rotatable bonds is 4. The molecule has 1 atom stereocenters. The van der Waals surface area contributed by atoms with E-state index in [1.807, 2.05) is 0 Å². The Morgan fingerprint density at radius 3 is 2.73 bits per heavy atom. The molecular formula is C17H18N6O2S. The van der Waals surface area contributed by atoms with Crippen molar-refractivity contribution in [2.24, 2.45) is 0 Å². The molecule has 0 bridgehead atoms. The summed E-state index contributed by atoms with van der Waals surface area (Å²) in [5.41, 5.74) is 0.545. The number of aromatic nitrogens is 5. The van der Waals surface area contributed by atoms with Gasteiger partial charge in [-0.1, -0.05) is 24.6 Å². The Morgan fingerprint density at radius 1 is 1.12 bits per heavy atom. The van der Waals surface area contributed by atoms with Gasteiger partial charge in [0.25, 0.3) is 0 Å². The molecule has 134 valence electrons. The molecule has 1 fully saturated rings. The molecule has 4 rings (SSSR count). The molecule has 0 radical (unpaired) electrons. The van der Waals surface area contributed by atoms with Crippen LogP contribution in [0.2, 0.25) is 0 Å². The van der Waals surface area contributed by atoms with E-state index in [4.69, 9.17) is 0 Å². The molecule has 0 aliphatic carbocycles. The van der Waals surface area contributed by atoms with Crippen LogP contribution in [-0.4, -0.2) is 44.4 Å². The molecular weight excluding hydrogens is 352 g/mol. The normalized spacial score (nSPS) is 18.7. The van der Waals surface area contributed by atoms with Gasteiger partial charge in [-0.05, 0) is 25.0 Å². The fourth-order valence-corrected chi connectivity index (χ4v) is 4.83. The summed E-state index contributed by atoms with van der Waals surface area (Å²) in [7, 11) is -3.60. The molecule has 2 aromatic heterocycles. The molecule has 0 amide bonds. The van der Waals surface area contributed by atoms with Gasteiger partial charge >= 0.3 is 0 Å². The van der Waals surface area contributed by atoms with E-state index in [-0.39, 0.29) is 6.04 Å². The highest BCUT2D eigenvalue weighted by Gasteiger charge is 2.36. The Hall–Kier alpha value is -2.65. The van der Waals surface area contributed by atoms with Crippen LogP contribution in [0.3, 0.4) is 0 Å². The van der Waals surface area contributed by atoms with Gasteiger partial charge in [-0.3, -0.25) is 10.1 Å². The standard InChI is InChI=1S/C17H18N6O2S/c24-26(25,13-6-2-1-3-7-13)23-11-5-4-8-15(23)17-20-16(21-22-17)14-12-18-9-10-19-14/h1-3,6-7,9-10,12,15H,4-5,8,11H2,(H,20,21,22). The maximum atomic E-state index is 13.1. The molecule has 8 nitrogen and oxygen atoms in total. The lowest BCUT2D eigenvalue weighted by atomic mass is 10.0. The van der Waals surface area contributed by atoms with Gasteiger partial charge in [-0.25, -0.2) is 18.4 Å². The molecule has 1 aromatic carbocycles. The van der Waals surface area contributed by atoms with Gasteiger partial charge < -0.3 is 0 Å². The maximum Gasteiger partial charge on any atom is 0.243 e. The molecule has 9 heteroatoms. The first-order valence-electron chi connectivity index (χ1n) is 8.42. The zero-order valence-electron chi connectivity index (χ0n) is 14.0. The summed E-state index contributed by atoms with van der Waals surface area (Å²) >= 11 is 0. The highest BCUT2D eigenvalue weighted by Crippen LogP contribution is 2.34. The summed E-state index contributed by atoms with van der Waals surface area (Å²) in [6, 6.07) is 8.13. The molecule has 1 saturated heterocycles. The predicted molar refractivity (Wildman–Crippen MR) is 94.3 cm³/mol. The molecule has 1 N–H and O–H groups in total. The summed E-state index contributed by atoms with van der Waals surface area (Å²) < 4.78 is 27.7. The lowest BCUT2D eigenvalue weighted by Gasteiger charge is -2.33. The zero-order chi connectivity index (χ0) is 18.0. The van der Waals surface area contributed by atoms with Crippen LogP contribution in [0.4, 0.5) is 0 Å². The van der Waals surface area contributed by atoms with Crippen LogP contribution >= 0.6 is 0 Å². The number of piperidine rings is 1. The Kier molecular flexibility index (Phi) is 4.48. The smallest absolute Gasteiger partial charge is 0.243 e. The second-order valence-corrected chi connectivity index (χ2v) is 7.97. The molecule has 1 aliphatic rings. The Morgan fingerprint density at radius 2 is 1.96 bits per heavy atom. The third-order valence-electron chi connectivity index (χ3n) is 4.41. The molecule has 26 heavy (non-hydrogen) atoms. The van der Waals surface area contributed by atoms with E-state index in [0.29, 0.717) is 35.2 Å². The first-order valence-corrected chi connectivity index (χ1v) is 9.86. The highest BCUT2D eigenvalue weighted by molar-refractivity contribution is 7.89. The monoisotopic (exact) mass is 370 g/mol. The number of H-pyrrole nitrogens is 1. The van der Waals surface area contributed by atoms with Crippen LogP contribution in [-0.2, 0) is 10.0 Å². The second kappa shape index (κ2) is 6.93. The topological polar surface area (TPSA) is 105 Å². The number of hydrogen-bond donors (Lipinski definition) is 1. The van der Waals surface area contributed by atoms with Crippen molar-refractivity contribution in [2.45, 2.75) is 30.2 Å². The van der Waals surface area contributed by atoms with Crippen molar-refractivity contribution in [3.63, 3.8) is 0 Å². The second-order valence-electron chi connectivity index (χ2n) is 6.08. The van der Waals surface area contributed by atoms with E-state index in [2.05, 4.69) is 25.1 Å². The molecule has 3 heterocycles. The van der Waals surface area contributed by atoms with Gasteiger partial charge in [0, 0.05) is 18.9 Å². The zero-order valence-corrected chi connectivity index (χ0v) is 14.8. The number of aromatic amines is 1. The van der Waals surface area contributed by atoms with E-state index >= 15 is 0 Å². The SMILES string of the molecule is O=S(=O)(c1ccccc1)N1CCCCC1c1nc(-c2cnccn2)n[nH]1. The van der Waals surface area contributed by atoms with Gasteiger partial charge in [0.1, 0.15) is 11.5 Å². The average molecular weight is 370 g/mol. The van der Waals surface area contributed by atoms with Crippen molar-refractivity contribution in [3.8, 4) is 11.5 Å². The van der Waals surface area contributed by atoms with E-state index in [0.717, 1.165) is 12.8 Å². The number of nitrogens with one attached hydrogen (secondary N) is 1. The van der Waals surface area contributed by atoms with Gasteiger partial charge in [-0.2, -0.15) is 9.40 Å². The number of benzene rings is 1. The number of sulfonamides is 1. The van der Waals surface area contributed by atoms with Crippen molar-refractivity contribution in [2.75, 3.05) is 6.54 Å². The van der Waals surface area contributed by atoms with Crippen molar-refractivity contribution in [1.29, 1.82) is 0 Å². The van der Waals surface area contributed by atoms with Crippen LogP contribution in [0, 0.1) is 0 Å². The summed E-state index contributed by atoms with van der Waals surface area (Å²) in [4.78, 5) is 13.0.